The smallest absolute Gasteiger partial charge is 0.0667 e. The highest BCUT2D eigenvalue weighted by atomic mass is 16.3. The Morgan fingerprint density at radius 1 is 1.43 bits per heavy atom. The molecule has 1 saturated heterocycles. The summed E-state index contributed by atoms with van der Waals surface area (Å²) in [6.07, 6.45) is 3.24. The summed E-state index contributed by atoms with van der Waals surface area (Å²) in [5, 5.41) is 9.69. The first kappa shape index (κ1) is 12.0. The van der Waals surface area contributed by atoms with Gasteiger partial charge in [-0.25, -0.2) is 0 Å². The van der Waals surface area contributed by atoms with Crippen molar-refractivity contribution in [3.05, 3.63) is 0 Å². The lowest BCUT2D eigenvalue weighted by molar-refractivity contribution is 0.113. The van der Waals surface area contributed by atoms with Gasteiger partial charge in [0.2, 0.25) is 0 Å². The van der Waals surface area contributed by atoms with E-state index >= 15 is 0 Å². The van der Waals surface area contributed by atoms with Gasteiger partial charge in [-0.1, -0.05) is 27.2 Å². The molecule has 1 heterocycles. The fraction of sp³-hybridized carbons (Fsp3) is 1.00. The Labute approximate surface area is 88.3 Å². The summed E-state index contributed by atoms with van der Waals surface area (Å²) in [6.45, 7) is 10.00. The number of rotatable bonds is 5. The summed E-state index contributed by atoms with van der Waals surface area (Å²) in [5.41, 5.74) is 0. The third-order valence-corrected chi connectivity index (χ3v) is 3.34. The molecule has 0 aromatic rings. The molecule has 1 rings (SSSR count). The van der Waals surface area contributed by atoms with Gasteiger partial charge in [-0.05, 0) is 31.2 Å². The highest BCUT2D eigenvalue weighted by Gasteiger charge is 2.25. The molecule has 0 radical (unpaired) electrons. The standard InChI is InChI=1S/C12H25NO/c1-4-5-12(14)9-13-7-6-11(8-13)10(2)3/h10-12,14H,4-9H2,1-3H3. The summed E-state index contributed by atoms with van der Waals surface area (Å²) >= 11 is 0. The molecule has 2 heteroatoms. The van der Waals surface area contributed by atoms with Crippen LogP contribution < -0.4 is 0 Å². The summed E-state index contributed by atoms with van der Waals surface area (Å²) in [4.78, 5) is 2.42. The maximum atomic E-state index is 9.69. The van der Waals surface area contributed by atoms with Crippen molar-refractivity contribution in [2.24, 2.45) is 11.8 Å². The van der Waals surface area contributed by atoms with Crippen LogP contribution in [-0.2, 0) is 0 Å². The Kier molecular flexibility index (Phi) is 4.90. The quantitative estimate of drug-likeness (QED) is 0.733. The van der Waals surface area contributed by atoms with Crippen molar-refractivity contribution in [1.82, 2.24) is 4.90 Å². The summed E-state index contributed by atoms with van der Waals surface area (Å²) < 4.78 is 0. The van der Waals surface area contributed by atoms with E-state index in [1.54, 1.807) is 0 Å². The lowest BCUT2D eigenvalue weighted by atomic mass is 9.95. The molecule has 1 aliphatic heterocycles. The van der Waals surface area contributed by atoms with E-state index in [1.165, 1.54) is 19.5 Å². The van der Waals surface area contributed by atoms with Crippen LogP contribution in [0.3, 0.4) is 0 Å². The predicted octanol–water partition coefficient (Wildman–Crippen LogP) is 2.13. The number of nitrogens with zero attached hydrogens (tertiary/aromatic N) is 1. The van der Waals surface area contributed by atoms with E-state index in [9.17, 15) is 5.11 Å². The number of aliphatic hydroxyl groups excluding tert-OH is 1. The van der Waals surface area contributed by atoms with E-state index < -0.39 is 0 Å². The van der Waals surface area contributed by atoms with Gasteiger partial charge in [-0.3, -0.25) is 0 Å². The molecule has 0 saturated carbocycles. The third kappa shape index (κ3) is 3.58. The van der Waals surface area contributed by atoms with Gasteiger partial charge >= 0.3 is 0 Å². The van der Waals surface area contributed by atoms with Crippen LogP contribution in [0.25, 0.3) is 0 Å². The Morgan fingerprint density at radius 2 is 2.14 bits per heavy atom. The largest absolute Gasteiger partial charge is 0.392 e. The molecule has 2 unspecified atom stereocenters. The summed E-state index contributed by atoms with van der Waals surface area (Å²) in [5.74, 6) is 1.65. The van der Waals surface area contributed by atoms with Gasteiger partial charge < -0.3 is 10.0 Å². The average Bonchev–Trinajstić information content (AvgIpc) is 2.53. The number of hydrogen-bond donors (Lipinski definition) is 1. The van der Waals surface area contributed by atoms with E-state index in [1.807, 2.05) is 0 Å². The predicted molar refractivity (Wildman–Crippen MR) is 60.3 cm³/mol. The average molecular weight is 199 g/mol. The number of β-amino-alcohol motifs (C(OH)–C–C–N with tert-alkyl or cyclic N) is 1. The number of likely N-dealkylation sites (tertiary alicyclic amines) is 1. The molecular weight excluding hydrogens is 174 g/mol. The van der Waals surface area contributed by atoms with Gasteiger partial charge in [0.05, 0.1) is 6.10 Å². The van der Waals surface area contributed by atoms with Crippen molar-refractivity contribution in [2.75, 3.05) is 19.6 Å². The van der Waals surface area contributed by atoms with Gasteiger partial charge in [0.1, 0.15) is 0 Å². The molecule has 0 aliphatic carbocycles. The highest BCUT2D eigenvalue weighted by Crippen LogP contribution is 2.23. The minimum Gasteiger partial charge on any atom is -0.392 e. The van der Waals surface area contributed by atoms with Crippen LogP contribution in [0, 0.1) is 11.8 Å². The first-order valence-electron chi connectivity index (χ1n) is 6.04. The van der Waals surface area contributed by atoms with Crippen LogP contribution in [-0.4, -0.2) is 35.7 Å². The maximum absolute atomic E-state index is 9.69. The zero-order chi connectivity index (χ0) is 10.6. The summed E-state index contributed by atoms with van der Waals surface area (Å²) in [6, 6.07) is 0. The number of hydrogen-bond acceptors (Lipinski definition) is 2. The van der Waals surface area contributed by atoms with Crippen LogP contribution in [0.5, 0.6) is 0 Å². The van der Waals surface area contributed by atoms with Crippen LogP contribution in [0.4, 0.5) is 0 Å². The molecule has 2 nitrogen and oxygen atoms in total. The zero-order valence-electron chi connectivity index (χ0n) is 9.87. The molecule has 14 heavy (non-hydrogen) atoms. The second-order valence-electron chi connectivity index (χ2n) is 4.99. The fourth-order valence-electron chi connectivity index (χ4n) is 2.30. The minimum absolute atomic E-state index is 0.106. The Morgan fingerprint density at radius 3 is 2.64 bits per heavy atom. The monoisotopic (exact) mass is 199 g/mol. The fourth-order valence-corrected chi connectivity index (χ4v) is 2.30. The Bertz CT molecular complexity index is 158. The van der Waals surface area contributed by atoms with Crippen molar-refractivity contribution >= 4 is 0 Å². The van der Waals surface area contributed by atoms with Gasteiger partial charge in [0.15, 0.2) is 0 Å². The second kappa shape index (κ2) is 5.72. The van der Waals surface area contributed by atoms with E-state index in [0.717, 1.165) is 31.2 Å². The SMILES string of the molecule is CCCC(O)CN1CCC(C(C)C)C1. The second-order valence-corrected chi connectivity index (χ2v) is 4.99. The zero-order valence-corrected chi connectivity index (χ0v) is 9.87. The third-order valence-electron chi connectivity index (χ3n) is 3.34. The van der Waals surface area contributed by atoms with E-state index in [2.05, 4.69) is 25.7 Å². The molecule has 2 atom stereocenters. The lowest BCUT2D eigenvalue weighted by Crippen LogP contribution is -2.31. The molecule has 1 aliphatic rings. The van der Waals surface area contributed by atoms with Gasteiger partial charge in [0, 0.05) is 13.1 Å². The van der Waals surface area contributed by atoms with E-state index in [0.29, 0.717) is 0 Å². The topological polar surface area (TPSA) is 23.5 Å². The molecule has 0 aromatic carbocycles. The number of aliphatic hydroxyl groups is 1. The molecule has 0 aromatic heterocycles. The Hall–Kier alpha value is -0.0800. The maximum Gasteiger partial charge on any atom is 0.0667 e. The Balaban J connectivity index is 2.21. The molecular formula is C12H25NO. The van der Waals surface area contributed by atoms with Crippen LogP contribution >= 0.6 is 0 Å². The van der Waals surface area contributed by atoms with Crippen LogP contribution in [0.1, 0.15) is 40.0 Å². The lowest BCUT2D eigenvalue weighted by Gasteiger charge is -2.20. The molecule has 0 spiro atoms. The normalized spacial score (nSPS) is 25.9. The van der Waals surface area contributed by atoms with Crippen molar-refractivity contribution in [1.29, 1.82) is 0 Å². The van der Waals surface area contributed by atoms with Crippen molar-refractivity contribution in [2.45, 2.75) is 46.1 Å². The molecule has 0 amide bonds. The first-order valence-corrected chi connectivity index (χ1v) is 6.04. The minimum atomic E-state index is -0.106. The van der Waals surface area contributed by atoms with Crippen LogP contribution in [0.15, 0.2) is 0 Å². The van der Waals surface area contributed by atoms with Crippen molar-refractivity contribution in [3.63, 3.8) is 0 Å². The highest BCUT2D eigenvalue weighted by molar-refractivity contribution is 4.78. The van der Waals surface area contributed by atoms with Gasteiger partial charge in [-0.15, -0.1) is 0 Å². The van der Waals surface area contributed by atoms with Gasteiger partial charge in [0.25, 0.3) is 0 Å². The molecule has 1 fully saturated rings. The van der Waals surface area contributed by atoms with Crippen molar-refractivity contribution in [3.8, 4) is 0 Å². The first-order chi connectivity index (χ1) is 6.63. The van der Waals surface area contributed by atoms with E-state index in [-0.39, 0.29) is 6.10 Å². The summed E-state index contributed by atoms with van der Waals surface area (Å²) in [7, 11) is 0. The molecule has 84 valence electrons. The van der Waals surface area contributed by atoms with E-state index in [4.69, 9.17) is 0 Å². The molecule has 0 bridgehead atoms. The van der Waals surface area contributed by atoms with Crippen LogP contribution in [0.2, 0.25) is 0 Å². The molecule has 1 N–H and O–H groups in total. The van der Waals surface area contributed by atoms with Crippen molar-refractivity contribution < 1.29 is 5.11 Å². The van der Waals surface area contributed by atoms with Gasteiger partial charge in [-0.2, -0.15) is 0 Å².